The van der Waals surface area contributed by atoms with E-state index in [4.69, 9.17) is 10.8 Å². The van der Waals surface area contributed by atoms with Crippen molar-refractivity contribution >= 4 is 16.9 Å². The third-order valence-corrected chi connectivity index (χ3v) is 3.62. The number of H-pyrrole nitrogens is 1. The highest BCUT2D eigenvalue weighted by Crippen LogP contribution is 2.31. The second-order valence-corrected chi connectivity index (χ2v) is 5.04. The molecule has 1 aromatic heterocycles. The number of carbonyl (C=O) groups is 1. The van der Waals surface area contributed by atoms with Crippen LogP contribution in [0.3, 0.4) is 0 Å². The molecule has 0 amide bonds. The summed E-state index contributed by atoms with van der Waals surface area (Å²) in [4.78, 5) is 14.5. The molecule has 0 saturated heterocycles. The molecule has 0 saturated carbocycles. The Hall–Kier alpha value is -2.59. The summed E-state index contributed by atoms with van der Waals surface area (Å²) in [5, 5.41) is 10.1. The maximum absolute atomic E-state index is 11.1. The molecule has 0 aliphatic rings. The van der Waals surface area contributed by atoms with Crippen LogP contribution in [0.1, 0.15) is 5.56 Å². The van der Waals surface area contributed by atoms with Crippen molar-refractivity contribution in [1.82, 2.24) is 4.98 Å². The van der Waals surface area contributed by atoms with Crippen molar-refractivity contribution in [2.24, 2.45) is 5.73 Å². The minimum atomic E-state index is -0.987. The molecule has 3 rings (SSSR count). The number of carboxylic acids is 1. The molecular formula is C17H16N2O2. The molecule has 0 aliphatic carbocycles. The Kier molecular flexibility index (Phi) is 3.46. The Balaban J connectivity index is 2.17. The van der Waals surface area contributed by atoms with Gasteiger partial charge in [0.15, 0.2) is 0 Å². The van der Waals surface area contributed by atoms with Gasteiger partial charge < -0.3 is 15.8 Å². The summed E-state index contributed by atoms with van der Waals surface area (Å²) in [5.41, 5.74) is 9.64. The van der Waals surface area contributed by atoms with Gasteiger partial charge in [-0.15, -0.1) is 0 Å². The average molecular weight is 280 g/mol. The van der Waals surface area contributed by atoms with Crippen LogP contribution < -0.4 is 5.73 Å². The number of aromatic amines is 1. The maximum Gasteiger partial charge on any atom is 0.320 e. The molecule has 2 aromatic carbocycles. The van der Waals surface area contributed by atoms with E-state index in [1.54, 1.807) is 0 Å². The number of nitrogens with one attached hydrogen (secondary N) is 1. The van der Waals surface area contributed by atoms with Crippen molar-refractivity contribution in [1.29, 1.82) is 0 Å². The van der Waals surface area contributed by atoms with E-state index >= 15 is 0 Å². The second-order valence-electron chi connectivity index (χ2n) is 5.04. The van der Waals surface area contributed by atoms with Crippen LogP contribution in [-0.4, -0.2) is 22.1 Å². The van der Waals surface area contributed by atoms with Gasteiger partial charge in [-0.25, -0.2) is 0 Å². The summed E-state index contributed by atoms with van der Waals surface area (Å²) in [7, 11) is 0. The van der Waals surface area contributed by atoms with Crippen LogP contribution in [0.5, 0.6) is 0 Å². The van der Waals surface area contributed by atoms with Crippen LogP contribution >= 0.6 is 0 Å². The van der Waals surface area contributed by atoms with Gasteiger partial charge in [-0.2, -0.15) is 0 Å². The summed E-state index contributed by atoms with van der Waals surface area (Å²) in [6, 6.07) is 16.8. The molecular weight excluding hydrogens is 264 g/mol. The van der Waals surface area contributed by atoms with E-state index in [1.165, 1.54) is 0 Å². The van der Waals surface area contributed by atoms with Gasteiger partial charge in [-0.3, -0.25) is 4.79 Å². The number of para-hydroxylation sites is 1. The summed E-state index contributed by atoms with van der Waals surface area (Å²) < 4.78 is 0. The fraction of sp³-hybridized carbons (Fsp3) is 0.118. The number of carboxylic acid groups (broad SMARTS) is 1. The third kappa shape index (κ3) is 2.53. The molecule has 3 aromatic rings. The SMILES string of the molecule is NC(Cc1c(-c2ccccc2)[nH]c2ccccc12)C(=O)O. The largest absolute Gasteiger partial charge is 0.480 e. The molecule has 1 unspecified atom stereocenters. The fourth-order valence-corrected chi connectivity index (χ4v) is 2.57. The van der Waals surface area contributed by atoms with Crippen LogP contribution in [0.2, 0.25) is 0 Å². The molecule has 21 heavy (non-hydrogen) atoms. The topological polar surface area (TPSA) is 79.1 Å². The number of aliphatic carboxylic acids is 1. The Bertz CT molecular complexity index is 778. The van der Waals surface area contributed by atoms with E-state index in [0.29, 0.717) is 6.42 Å². The molecule has 1 atom stereocenters. The highest BCUT2D eigenvalue weighted by atomic mass is 16.4. The van der Waals surface area contributed by atoms with Crippen molar-refractivity contribution in [2.75, 3.05) is 0 Å². The summed E-state index contributed by atoms with van der Waals surface area (Å²) in [6.07, 6.45) is 0.295. The molecule has 0 fully saturated rings. The second kappa shape index (κ2) is 5.42. The summed E-state index contributed by atoms with van der Waals surface area (Å²) in [5.74, 6) is -0.987. The van der Waals surface area contributed by atoms with E-state index < -0.39 is 12.0 Å². The molecule has 1 heterocycles. The number of fused-ring (bicyclic) bond motifs is 1. The maximum atomic E-state index is 11.1. The monoisotopic (exact) mass is 280 g/mol. The van der Waals surface area contributed by atoms with E-state index in [-0.39, 0.29) is 0 Å². The lowest BCUT2D eigenvalue weighted by Crippen LogP contribution is -2.32. The molecule has 0 aliphatic heterocycles. The van der Waals surface area contributed by atoms with Gasteiger partial charge in [0.25, 0.3) is 0 Å². The first-order chi connectivity index (χ1) is 10.2. The Morgan fingerprint density at radius 2 is 1.76 bits per heavy atom. The minimum absolute atomic E-state index is 0.295. The van der Waals surface area contributed by atoms with Crippen LogP contribution in [0.15, 0.2) is 54.6 Å². The van der Waals surface area contributed by atoms with E-state index in [1.807, 2.05) is 54.6 Å². The van der Waals surface area contributed by atoms with Crippen molar-refractivity contribution in [3.63, 3.8) is 0 Å². The van der Waals surface area contributed by atoms with Crippen LogP contribution in [0.25, 0.3) is 22.2 Å². The first kappa shape index (κ1) is 13.4. The van der Waals surface area contributed by atoms with Crippen molar-refractivity contribution in [3.8, 4) is 11.3 Å². The number of hydrogen-bond donors (Lipinski definition) is 3. The quantitative estimate of drug-likeness (QED) is 0.687. The number of nitrogens with two attached hydrogens (primary N) is 1. The third-order valence-electron chi connectivity index (χ3n) is 3.62. The smallest absolute Gasteiger partial charge is 0.320 e. The van der Waals surface area contributed by atoms with Gasteiger partial charge >= 0.3 is 5.97 Å². The predicted molar refractivity (Wildman–Crippen MR) is 83.0 cm³/mol. The van der Waals surface area contributed by atoms with Gasteiger partial charge in [-0.1, -0.05) is 48.5 Å². The van der Waals surface area contributed by atoms with Gasteiger partial charge in [0, 0.05) is 23.0 Å². The van der Waals surface area contributed by atoms with Gasteiger partial charge in [-0.05, 0) is 17.2 Å². The zero-order valence-electron chi connectivity index (χ0n) is 11.4. The first-order valence-electron chi connectivity index (χ1n) is 6.80. The lowest BCUT2D eigenvalue weighted by molar-refractivity contribution is -0.138. The van der Waals surface area contributed by atoms with Crippen molar-refractivity contribution in [3.05, 3.63) is 60.2 Å². The van der Waals surface area contributed by atoms with Gasteiger partial charge in [0.2, 0.25) is 0 Å². The average Bonchev–Trinajstić information content (AvgIpc) is 2.87. The fourth-order valence-electron chi connectivity index (χ4n) is 2.57. The molecule has 4 N–H and O–H groups in total. The highest BCUT2D eigenvalue weighted by molar-refractivity contribution is 5.91. The molecule has 106 valence electrons. The lowest BCUT2D eigenvalue weighted by Gasteiger charge is -2.08. The number of benzene rings is 2. The van der Waals surface area contributed by atoms with E-state index in [2.05, 4.69) is 4.98 Å². The van der Waals surface area contributed by atoms with Crippen molar-refractivity contribution < 1.29 is 9.90 Å². The zero-order valence-corrected chi connectivity index (χ0v) is 11.4. The molecule has 4 heteroatoms. The molecule has 4 nitrogen and oxygen atoms in total. The van der Waals surface area contributed by atoms with Crippen molar-refractivity contribution in [2.45, 2.75) is 12.5 Å². The Labute approximate surface area is 122 Å². The summed E-state index contributed by atoms with van der Waals surface area (Å²) in [6.45, 7) is 0. The van der Waals surface area contributed by atoms with Crippen LogP contribution in [0.4, 0.5) is 0 Å². The normalized spacial score (nSPS) is 12.4. The van der Waals surface area contributed by atoms with E-state index in [9.17, 15) is 4.79 Å². The van der Waals surface area contributed by atoms with Crippen LogP contribution in [-0.2, 0) is 11.2 Å². The Morgan fingerprint density at radius 1 is 1.10 bits per heavy atom. The van der Waals surface area contributed by atoms with E-state index in [0.717, 1.165) is 27.7 Å². The van der Waals surface area contributed by atoms with Crippen LogP contribution in [0, 0.1) is 0 Å². The standard InChI is InChI=1S/C17H16N2O2/c18-14(17(20)21)10-13-12-8-4-5-9-15(12)19-16(13)11-6-2-1-3-7-11/h1-9,14,19H,10,18H2,(H,20,21). The number of aromatic nitrogens is 1. The molecule has 0 spiro atoms. The Morgan fingerprint density at radius 3 is 2.48 bits per heavy atom. The zero-order chi connectivity index (χ0) is 14.8. The van der Waals surface area contributed by atoms with Gasteiger partial charge in [0.05, 0.1) is 0 Å². The van der Waals surface area contributed by atoms with Gasteiger partial charge in [0.1, 0.15) is 6.04 Å². The highest BCUT2D eigenvalue weighted by Gasteiger charge is 2.19. The predicted octanol–water partition coefficient (Wildman–Crippen LogP) is 2.79. The molecule has 0 bridgehead atoms. The number of hydrogen-bond acceptors (Lipinski definition) is 2. The number of rotatable bonds is 4. The minimum Gasteiger partial charge on any atom is -0.480 e. The lowest BCUT2D eigenvalue weighted by atomic mass is 9.99. The molecule has 0 radical (unpaired) electrons. The summed E-state index contributed by atoms with van der Waals surface area (Å²) >= 11 is 0. The first-order valence-corrected chi connectivity index (χ1v) is 6.80.